The number of likely N-dealkylation sites (N-methyl/N-ethyl adjacent to an activating group) is 2. The number of hydrogen-bond acceptors (Lipinski definition) is 5. The Hall–Kier alpha value is -4.37. The van der Waals surface area contributed by atoms with Crippen LogP contribution >= 0.6 is 0 Å². The van der Waals surface area contributed by atoms with Gasteiger partial charge >= 0.3 is 0 Å². The minimum atomic E-state index is -0.773. The molecule has 2 atom stereocenters. The predicted octanol–water partition coefficient (Wildman–Crippen LogP) is 3.47. The number of nitrogens with zero attached hydrogens (tertiary/aromatic N) is 6. The molecule has 33 heavy (non-hydrogen) atoms. The zero-order valence-corrected chi connectivity index (χ0v) is 18.0. The molecule has 11 nitrogen and oxygen atoms in total. The highest BCUT2D eigenvalue weighted by Crippen LogP contribution is 2.31. The van der Waals surface area contributed by atoms with Gasteiger partial charge in [-0.25, -0.2) is 0 Å². The number of aromatic nitrogens is 1. The molecule has 11 heteroatoms. The number of H-pyrrole nitrogens is 1. The summed E-state index contributed by atoms with van der Waals surface area (Å²) in [6.07, 6.45) is 2.12. The normalized spacial score (nSPS) is 18.5. The number of amides is 2. The highest BCUT2D eigenvalue weighted by Gasteiger charge is 2.42. The van der Waals surface area contributed by atoms with Crippen LogP contribution in [0, 0.1) is 10.1 Å². The maximum Gasteiger partial charge on any atom is 0.279 e. The first-order chi connectivity index (χ1) is 15.8. The standard InChI is InChI=1S/C22H21N7O4/c1-27-18(10-13-6-8-15(9-7-13)25-26-23)21(30)28(2)19(22(27)31)11-14-12-24-16-4-3-5-17(20(14)16)29(32)33/h3-9,12,18-19,24H,10-11H2,1-2H3/t18-,19-/m0/s1. The maximum atomic E-state index is 13.2. The van der Waals surface area contributed by atoms with Crippen molar-refractivity contribution < 1.29 is 14.5 Å². The van der Waals surface area contributed by atoms with Gasteiger partial charge in [-0.3, -0.25) is 19.7 Å². The molecule has 2 heterocycles. The Labute approximate surface area is 188 Å². The van der Waals surface area contributed by atoms with Crippen molar-refractivity contribution in [2.45, 2.75) is 24.9 Å². The van der Waals surface area contributed by atoms with Gasteiger partial charge in [-0.05, 0) is 22.7 Å². The number of aromatic amines is 1. The lowest BCUT2D eigenvalue weighted by Gasteiger charge is -2.42. The zero-order chi connectivity index (χ0) is 23.7. The Morgan fingerprint density at radius 1 is 1.06 bits per heavy atom. The van der Waals surface area contributed by atoms with Crippen LogP contribution in [0.2, 0.25) is 0 Å². The fraction of sp³-hybridized carbons (Fsp3) is 0.273. The van der Waals surface area contributed by atoms with E-state index in [2.05, 4.69) is 15.0 Å². The monoisotopic (exact) mass is 447 g/mol. The smallest absolute Gasteiger partial charge is 0.279 e. The zero-order valence-electron chi connectivity index (χ0n) is 18.0. The molecular formula is C22H21N7O4. The predicted molar refractivity (Wildman–Crippen MR) is 121 cm³/mol. The molecule has 0 unspecified atom stereocenters. The van der Waals surface area contributed by atoms with E-state index in [0.29, 0.717) is 28.6 Å². The molecule has 1 fully saturated rings. The summed E-state index contributed by atoms with van der Waals surface area (Å²) in [5.74, 6) is -0.448. The Bertz CT molecular complexity index is 1290. The largest absolute Gasteiger partial charge is 0.361 e. The molecule has 2 aromatic carbocycles. The molecule has 1 aliphatic rings. The first kappa shape index (κ1) is 21.8. The summed E-state index contributed by atoms with van der Waals surface area (Å²) in [6.45, 7) is 0. The van der Waals surface area contributed by atoms with E-state index in [4.69, 9.17) is 5.53 Å². The van der Waals surface area contributed by atoms with E-state index >= 15 is 0 Å². The van der Waals surface area contributed by atoms with Crippen molar-refractivity contribution in [3.05, 3.63) is 80.3 Å². The van der Waals surface area contributed by atoms with Crippen LogP contribution in [-0.2, 0) is 22.4 Å². The highest BCUT2D eigenvalue weighted by molar-refractivity contribution is 5.98. The van der Waals surface area contributed by atoms with Crippen LogP contribution < -0.4 is 0 Å². The van der Waals surface area contributed by atoms with Gasteiger partial charge in [-0.1, -0.05) is 35.4 Å². The van der Waals surface area contributed by atoms with Crippen LogP contribution in [0.3, 0.4) is 0 Å². The third kappa shape index (κ3) is 3.97. The average molecular weight is 447 g/mol. The van der Waals surface area contributed by atoms with Crippen LogP contribution in [0.15, 0.2) is 53.8 Å². The summed E-state index contributed by atoms with van der Waals surface area (Å²) in [7, 11) is 3.18. The lowest BCUT2D eigenvalue weighted by molar-refractivity contribution is -0.383. The summed E-state index contributed by atoms with van der Waals surface area (Å²) in [4.78, 5) is 46.1. The third-order valence-electron chi connectivity index (χ3n) is 6.10. The Balaban J connectivity index is 1.58. The SMILES string of the molecule is CN1C(=O)[C@H](Cc2c[nH]c3cccc([N+](=O)[O-])c23)N(C)C(=O)[C@@H]1Cc1ccc(N=[N+]=[N-])cc1. The van der Waals surface area contributed by atoms with Crippen molar-refractivity contribution in [1.82, 2.24) is 14.8 Å². The summed E-state index contributed by atoms with van der Waals surface area (Å²) < 4.78 is 0. The molecule has 0 radical (unpaired) electrons. The van der Waals surface area contributed by atoms with E-state index in [9.17, 15) is 19.7 Å². The number of piperazine rings is 1. The quantitative estimate of drug-likeness (QED) is 0.202. The Kier molecular flexibility index (Phi) is 5.72. The molecule has 1 aromatic heterocycles. The van der Waals surface area contributed by atoms with Crippen molar-refractivity contribution in [2.24, 2.45) is 5.11 Å². The minimum absolute atomic E-state index is 0.0450. The number of non-ortho nitro benzene ring substituents is 1. The van der Waals surface area contributed by atoms with E-state index in [-0.39, 0.29) is 23.9 Å². The van der Waals surface area contributed by atoms with Crippen LogP contribution in [0.1, 0.15) is 11.1 Å². The molecule has 0 aliphatic carbocycles. The maximum absolute atomic E-state index is 13.2. The molecular weight excluding hydrogens is 426 g/mol. The average Bonchev–Trinajstić information content (AvgIpc) is 3.22. The Morgan fingerprint density at radius 3 is 2.30 bits per heavy atom. The number of nitro benzene ring substituents is 1. The molecule has 0 saturated carbocycles. The molecule has 1 aliphatic heterocycles. The van der Waals surface area contributed by atoms with Crippen molar-refractivity contribution in [1.29, 1.82) is 0 Å². The number of carbonyl (C=O) groups is 2. The molecule has 2 amide bonds. The first-order valence-corrected chi connectivity index (χ1v) is 10.2. The van der Waals surface area contributed by atoms with Crippen molar-refractivity contribution >= 4 is 34.1 Å². The van der Waals surface area contributed by atoms with E-state index in [0.717, 1.165) is 5.56 Å². The first-order valence-electron chi connectivity index (χ1n) is 10.2. The van der Waals surface area contributed by atoms with Gasteiger partial charge in [0.1, 0.15) is 12.1 Å². The van der Waals surface area contributed by atoms with E-state index in [1.165, 1.54) is 15.9 Å². The molecule has 1 N–H and O–H groups in total. The number of nitrogens with one attached hydrogen (secondary N) is 1. The second kappa shape index (κ2) is 8.64. The topological polar surface area (TPSA) is 148 Å². The molecule has 0 bridgehead atoms. The molecule has 1 saturated heterocycles. The number of nitro groups is 1. The van der Waals surface area contributed by atoms with Crippen molar-refractivity contribution in [3.8, 4) is 0 Å². The molecule has 0 spiro atoms. The van der Waals surface area contributed by atoms with Gasteiger partial charge in [-0.15, -0.1) is 0 Å². The van der Waals surface area contributed by atoms with Crippen LogP contribution in [0.25, 0.3) is 21.3 Å². The van der Waals surface area contributed by atoms with Gasteiger partial charge in [-0.2, -0.15) is 0 Å². The van der Waals surface area contributed by atoms with Crippen LogP contribution in [0.5, 0.6) is 0 Å². The molecule has 168 valence electrons. The van der Waals surface area contributed by atoms with E-state index < -0.39 is 17.0 Å². The van der Waals surface area contributed by atoms with Gasteiger partial charge in [0.2, 0.25) is 11.8 Å². The van der Waals surface area contributed by atoms with Crippen molar-refractivity contribution in [2.75, 3.05) is 14.1 Å². The van der Waals surface area contributed by atoms with Gasteiger partial charge in [0.05, 0.1) is 15.8 Å². The molecule has 4 rings (SSSR count). The third-order valence-corrected chi connectivity index (χ3v) is 6.10. The number of carbonyl (C=O) groups excluding carboxylic acids is 2. The highest BCUT2D eigenvalue weighted by atomic mass is 16.6. The summed E-state index contributed by atoms with van der Waals surface area (Å²) in [5, 5.41) is 15.5. The minimum Gasteiger partial charge on any atom is -0.361 e. The summed E-state index contributed by atoms with van der Waals surface area (Å²) in [5.41, 5.74) is 11.0. The van der Waals surface area contributed by atoms with Crippen molar-refractivity contribution in [3.63, 3.8) is 0 Å². The Morgan fingerprint density at radius 2 is 1.70 bits per heavy atom. The lowest BCUT2D eigenvalue weighted by atomic mass is 9.95. The van der Waals surface area contributed by atoms with Gasteiger partial charge in [0, 0.05) is 49.8 Å². The van der Waals surface area contributed by atoms with E-state index in [1.54, 1.807) is 56.7 Å². The van der Waals surface area contributed by atoms with Gasteiger partial charge in [0.25, 0.3) is 5.69 Å². The molecule has 3 aromatic rings. The number of azide groups is 1. The summed E-state index contributed by atoms with van der Waals surface area (Å²) >= 11 is 0. The van der Waals surface area contributed by atoms with E-state index in [1.807, 2.05) is 0 Å². The van der Waals surface area contributed by atoms with Crippen LogP contribution in [-0.4, -0.2) is 57.7 Å². The summed E-state index contributed by atoms with van der Waals surface area (Å²) in [6, 6.07) is 10.1. The number of rotatable bonds is 6. The fourth-order valence-electron chi connectivity index (χ4n) is 4.29. The lowest BCUT2D eigenvalue weighted by Crippen LogP contribution is -2.63. The van der Waals surface area contributed by atoms with Gasteiger partial charge in [0.15, 0.2) is 0 Å². The number of hydrogen-bond donors (Lipinski definition) is 1. The second-order valence-corrected chi connectivity index (χ2v) is 7.96. The number of benzene rings is 2. The number of fused-ring (bicyclic) bond motifs is 1. The van der Waals surface area contributed by atoms with Crippen LogP contribution in [0.4, 0.5) is 11.4 Å². The van der Waals surface area contributed by atoms with Gasteiger partial charge < -0.3 is 14.8 Å². The fourth-order valence-corrected chi connectivity index (χ4v) is 4.29. The second-order valence-electron chi connectivity index (χ2n) is 7.96.